The second-order valence-electron chi connectivity index (χ2n) is 4.21. The van der Waals surface area contributed by atoms with Crippen LogP contribution in [0, 0.1) is 0 Å². The zero-order valence-electron chi connectivity index (χ0n) is 11.6. The summed E-state index contributed by atoms with van der Waals surface area (Å²) in [7, 11) is 1.43. The lowest BCUT2D eigenvalue weighted by Gasteiger charge is -2.11. The number of hydrogen-bond donors (Lipinski definition) is 2. The van der Waals surface area contributed by atoms with Gasteiger partial charge in [-0.05, 0) is 19.1 Å². The molecule has 1 atom stereocenters. The van der Waals surface area contributed by atoms with Crippen molar-refractivity contribution in [1.29, 1.82) is 0 Å². The van der Waals surface area contributed by atoms with Crippen LogP contribution in [0.4, 0.5) is 5.69 Å². The molecule has 0 spiro atoms. The van der Waals surface area contributed by atoms with Gasteiger partial charge in [0.15, 0.2) is 5.16 Å². The monoisotopic (exact) mass is 305 g/mol. The van der Waals surface area contributed by atoms with Gasteiger partial charge in [0.2, 0.25) is 11.8 Å². The highest BCUT2D eigenvalue weighted by atomic mass is 32.2. The molecular formula is C14H15N3O3S. The number of hydrogen-bond acceptors (Lipinski definition) is 5. The highest BCUT2D eigenvalue weighted by Crippen LogP contribution is 2.21. The fourth-order valence-electron chi connectivity index (χ4n) is 1.56. The first kappa shape index (κ1) is 15.1. The van der Waals surface area contributed by atoms with Gasteiger partial charge in [0, 0.05) is 5.69 Å². The molecule has 0 radical (unpaired) electrons. The second kappa shape index (κ2) is 6.94. The van der Waals surface area contributed by atoms with E-state index in [1.54, 1.807) is 19.1 Å². The van der Waals surface area contributed by atoms with Gasteiger partial charge in [-0.25, -0.2) is 0 Å². The number of rotatable bonds is 5. The molecule has 0 fully saturated rings. The van der Waals surface area contributed by atoms with Crippen LogP contribution in [0.15, 0.2) is 46.3 Å². The first-order valence-electron chi connectivity index (χ1n) is 6.26. The number of aromatic amines is 1. The predicted molar refractivity (Wildman–Crippen MR) is 81.8 cm³/mol. The third kappa shape index (κ3) is 4.35. The van der Waals surface area contributed by atoms with E-state index >= 15 is 0 Å². The van der Waals surface area contributed by atoms with Crippen LogP contribution >= 0.6 is 11.8 Å². The van der Waals surface area contributed by atoms with Crippen LogP contribution in [0.3, 0.4) is 0 Å². The largest absolute Gasteiger partial charge is 0.481 e. The molecule has 2 rings (SSSR count). The fourth-order valence-corrected chi connectivity index (χ4v) is 2.36. The minimum Gasteiger partial charge on any atom is -0.481 e. The average Bonchev–Trinajstić information content (AvgIpc) is 2.47. The number of methoxy groups -OCH3 is 1. The van der Waals surface area contributed by atoms with Gasteiger partial charge in [0.25, 0.3) is 5.56 Å². The summed E-state index contributed by atoms with van der Waals surface area (Å²) in [5.41, 5.74) is 0.405. The van der Waals surface area contributed by atoms with Gasteiger partial charge in [-0.2, -0.15) is 4.98 Å². The number of anilines is 1. The van der Waals surface area contributed by atoms with E-state index in [0.29, 0.717) is 5.16 Å². The van der Waals surface area contributed by atoms with Crippen molar-refractivity contribution in [2.45, 2.75) is 17.3 Å². The minimum absolute atomic E-state index is 0.170. The minimum atomic E-state index is -0.416. The van der Waals surface area contributed by atoms with E-state index in [1.165, 1.54) is 13.2 Å². The Kier molecular flexibility index (Phi) is 4.99. The Bertz CT molecular complexity index is 673. The van der Waals surface area contributed by atoms with Crippen LogP contribution in [0.25, 0.3) is 0 Å². The molecule has 21 heavy (non-hydrogen) atoms. The van der Waals surface area contributed by atoms with Gasteiger partial charge in [-0.1, -0.05) is 30.0 Å². The fraction of sp³-hybridized carbons (Fsp3) is 0.214. The quantitative estimate of drug-likeness (QED) is 0.651. The average molecular weight is 305 g/mol. The van der Waals surface area contributed by atoms with Crippen LogP contribution in [0.5, 0.6) is 5.88 Å². The summed E-state index contributed by atoms with van der Waals surface area (Å²) >= 11 is 1.16. The maximum atomic E-state index is 12.1. The third-order valence-corrected chi connectivity index (χ3v) is 3.59. The molecule has 110 valence electrons. The van der Waals surface area contributed by atoms with Crippen molar-refractivity contribution in [3.63, 3.8) is 0 Å². The molecule has 0 unspecified atom stereocenters. The van der Waals surface area contributed by atoms with E-state index in [1.807, 2.05) is 18.2 Å². The molecule has 0 saturated carbocycles. The Morgan fingerprint density at radius 3 is 2.76 bits per heavy atom. The van der Waals surface area contributed by atoms with Crippen LogP contribution in [0.1, 0.15) is 6.92 Å². The number of carbonyl (C=O) groups is 1. The molecule has 2 aromatic rings. The van der Waals surface area contributed by atoms with E-state index in [2.05, 4.69) is 15.3 Å². The lowest BCUT2D eigenvalue weighted by molar-refractivity contribution is -0.115. The zero-order chi connectivity index (χ0) is 15.2. The van der Waals surface area contributed by atoms with E-state index in [0.717, 1.165) is 17.4 Å². The molecular weight excluding hydrogens is 290 g/mol. The Labute approximate surface area is 125 Å². The molecule has 0 saturated heterocycles. The van der Waals surface area contributed by atoms with Crippen LogP contribution in [-0.4, -0.2) is 28.2 Å². The van der Waals surface area contributed by atoms with Crippen LogP contribution in [0.2, 0.25) is 0 Å². The summed E-state index contributed by atoms with van der Waals surface area (Å²) in [5.74, 6) is 0.0496. The third-order valence-electron chi connectivity index (χ3n) is 2.60. The van der Waals surface area contributed by atoms with Gasteiger partial charge >= 0.3 is 0 Å². The Balaban J connectivity index is 2.04. The Morgan fingerprint density at radius 2 is 2.10 bits per heavy atom. The number of H-pyrrole nitrogens is 1. The molecule has 1 heterocycles. The van der Waals surface area contributed by atoms with Crippen molar-refractivity contribution >= 4 is 23.4 Å². The van der Waals surface area contributed by atoms with Crippen molar-refractivity contribution in [2.24, 2.45) is 0 Å². The van der Waals surface area contributed by atoms with E-state index in [9.17, 15) is 9.59 Å². The smallest absolute Gasteiger partial charge is 0.255 e. The van der Waals surface area contributed by atoms with E-state index < -0.39 is 5.25 Å². The summed E-state index contributed by atoms with van der Waals surface area (Å²) in [6, 6.07) is 10.4. The first-order chi connectivity index (χ1) is 10.1. The molecule has 0 aliphatic rings. The maximum absolute atomic E-state index is 12.1. The second-order valence-corrected chi connectivity index (χ2v) is 5.54. The molecule has 7 heteroatoms. The summed E-state index contributed by atoms with van der Waals surface area (Å²) in [4.78, 5) is 30.2. The first-order valence-corrected chi connectivity index (χ1v) is 7.14. The molecule has 0 aliphatic heterocycles. The van der Waals surface area contributed by atoms with Crippen molar-refractivity contribution in [3.8, 4) is 5.88 Å². The number of ether oxygens (including phenoxy) is 1. The molecule has 0 bridgehead atoms. The lowest BCUT2D eigenvalue weighted by Crippen LogP contribution is -2.23. The Morgan fingerprint density at radius 1 is 1.38 bits per heavy atom. The number of benzene rings is 1. The number of thioether (sulfide) groups is 1. The van der Waals surface area contributed by atoms with Crippen molar-refractivity contribution < 1.29 is 9.53 Å². The maximum Gasteiger partial charge on any atom is 0.255 e. The molecule has 1 aromatic carbocycles. The normalized spacial score (nSPS) is 11.7. The van der Waals surface area contributed by atoms with Crippen molar-refractivity contribution in [1.82, 2.24) is 9.97 Å². The molecule has 1 amide bonds. The van der Waals surface area contributed by atoms with Crippen LogP contribution < -0.4 is 15.6 Å². The van der Waals surface area contributed by atoms with Crippen molar-refractivity contribution in [2.75, 3.05) is 12.4 Å². The summed E-state index contributed by atoms with van der Waals surface area (Å²) in [5, 5.41) is 2.72. The van der Waals surface area contributed by atoms with Gasteiger partial charge in [0.05, 0.1) is 18.4 Å². The zero-order valence-corrected chi connectivity index (χ0v) is 12.4. The summed E-state index contributed by atoms with van der Waals surface area (Å²) in [6.45, 7) is 1.74. The summed E-state index contributed by atoms with van der Waals surface area (Å²) in [6.07, 6.45) is 0. The number of nitrogens with zero attached hydrogens (tertiary/aromatic N) is 1. The van der Waals surface area contributed by atoms with Crippen LogP contribution in [-0.2, 0) is 4.79 Å². The number of carbonyl (C=O) groups excluding carboxylic acids is 1. The molecule has 6 nitrogen and oxygen atoms in total. The van der Waals surface area contributed by atoms with Gasteiger partial charge in [0.1, 0.15) is 0 Å². The van der Waals surface area contributed by atoms with Crippen molar-refractivity contribution in [3.05, 3.63) is 46.8 Å². The number of nitrogens with one attached hydrogen (secondary N) is 2. The molecule has 0 aliphatic carbocycles. The van der Waals surface area contributed by atoms with E-state index in [4.69, 9.17) is 4.74 Å². The highest BCUT2D eigenvalue weighted by molar-refractivity contribution is 8.00. The number of para-hydroxylation sites is 1. The van der Waals surface area contributed by atoms with Gasteiger partial charge in [-0.3, -0.25) is 9.59 Å². The molecule has 1 aromatic heterocycles. The van der Waals surface area contributed by atoms with E-state index in [-0.39, 0.29) is 17.3 Å². The topological polar surface area (TPSA) is 84.1 Å². The SMILES string of the molecule is COc1cc(=O)[nH]c(S[C@H](C)C(=O)Nc2ccccc2)n1. The number of aromatic nitrogens is 2. The van der Waals surface area contributed by atoms with Gasteiger partial charge < -0.3 is 15.0 Å². The predicted octanol–water partition coefficient (Wildman–Crippen LogP) is 1.90. The lowest BCUT2D eigenvalue weighted by atomic mass is 10.3. The van der Waals surface area contributed by atoms with Gasteiger partial charge in [-0.15, -0.1) is 0 Å². The Hall–Kier alpha value is -2.28. The molecule has 2 N–H and O–H groups in total. The standard InChI is InChI=1S/C14H15N3O3S/c1-9(13(19)15-10-6-4-3-5-7-10)21-14-16-11(18)8-12(17-14)20-2/h3-9H,1-2H3,(H,15,19)(H,16,17,18)/t9-/m1/s1. The highest BCUT2D eigenvalue weighted by Gasteiger charge is 2.16. The summed E-state index contributed by atoms with van der Waals surface area (Å²) < 4.78 is 4.93. The number of amides is 1.